The Labute approximate surface area is 638 Å². The third-order valence-corrected chi connectivity index (χ3v) is 22.1. The Morgan fingerprint density at radius 1 is 0.279 bits per heavy atom. The first-order chi connectivity index (χ1) is 50.3. The molecule has 0 aliphatic carbocycles. The van der Waals surface area contributed by atoms with E-state index >= 15 is 0 Å². The van der Waals surface area contributed by atoms with E-state index in [2.05, 4.69) is 48.5 Å². The van der Waals surface area contributed by atoms with Crippen LogP contribution in [0.4, 0.5) is 0 Å². The number of phosphoric acid groups is 2. The normalized spacial score (nSPS) is 14.2. The molecule has 0 rings (SSSR count). The van der Waals surface area contributed by atoms with Crippen LogP contribution in [-0.2, 0) is 65.4 Å². The lowest BCUT2D eigenvalue weighted by Crippen LogP contribution is -2.30. The molecule has 0 aromatic carbocycles. The number of unbranched alkanes of at least 4 members (excludes halogenated alkanes) is 50. The third-order valence-electron chi connectivity index (χ3n) is 20.2. The molecule has 0 aliphatic heterocycles. The van der Waals surface area contributed by atoms with Crippen LogP contribution >= 0.6 is 15.6 Å². The lowest BCUT2D eigenvalue weighted by atomic mass is 9.99. The predicted octanol–water partition coefficient (Wildman–Crippen LogP) is 25.7. The summed E-state index contributed by atoms with van der Waals surface area (Å²) >= 11 is 0. The third kappa shape index (κ3) is 76.8. The summed E-state index contributed by atoms with van der Waals surface area (Å²) in [5.74, 6) is 0.303. The summed E-state index contributed by atoms with van der Waals surface area (Å²) in [6.45, 7) is 12.0. The number of rotatable bonds is 83. The van der Waals surface area contributed by atoms with Gasteiger partial charge in [-0.05, 0) is 43.4 Å². The Balaban J connectivity index is 5.18. The lowest BCUT2D eigenvalue weighted by molar-refractivity contribution is -0.161. The molecule has 618 valence electrons. The molecule has 0 saturated carbocycles. The average molecular weight is 1520 g/mol. The number of aliphatic hydroxyl groups is 1. The molecule has 0 aromatic rings. The van der Waals surface area contributed by atoms with Gasteiger partial charge in [-0.25, -0.2) is 9.13 Å². The zero-order valence-electron chi connectivity index (χ0n) is 68.5. The van der Waals surface area contributed by atoms with Crippen molar-refractivity contribution in [3.8, 4) is 0 Å². The molecule has 3 unspecified atom stereocenters. The lowest BCUT2D eigenvalue weighted by Gasteiger charge is -2.21. The summed E-state index contributed by atoms with van der Waals surface area (Å²) in [6, 6.07) is 0. The zero-order chi connectivity index (χ0) is 76.5. The van der Waals surface area contributed by atoms with Gasteiger partial charge in [-0.3, -0.25) is 37.3 Å². The molecule has 0 aromatic heterocycles. The monoisotopic (exact) mass is 1520 g/mol. The number of carbonyl (C=O) groups excluding carboxylic acids is 4. The van der Waals surface area contributed by atoms with Gasteiger partial charge in [0.1, 0.15) is 19.3 Å². The highest BCUT2D eigenvalue weighted by Gasteiger charge is 2.30. The minimum Gasteiger partial charge on any atom is -0.462 e. The maximum Gasteiger partial charge on any atom is 0.472 e. The number of aliphatic hydroxyl groups excluding tert-OH is 1. The van der Waals surface area contributed by atoms with E-state index in [9.17, 15) is 43.2 Å². The van der Waals surface area contributed by atoms with Crippen LogP contribution in [0.2, 0.25) is 0 Å². The Morgan fingerprint density at radius 2 is 0.490 bits per heavy atom. The second-order valence-electron chi connectivity index (χ2n) is 31.8. The van der Waals surface area contributed by atoms with Crippen molar-refractivity contribution in [2.45, 2.75) is 465 Å². The van der Waals surface area contributed by atoms with Crippen molar-refractivity contribution in [1.29, 1.82) is 0 Å². The van der Waals surface area contributed by atoms with Crippen LogP contribution in [0.15, 0.2) is 0 Å². The maximum absolute atomic E-state index is 13.1. The van der Waals surface area contributed by atoms with Gasteiger partial charge in [-0.1, -0.05) is 395 Å². The molecule has 0 saturated heterocycles. The highest BCUT2D eigenvalue weighted by molar-refractivity contribution is 7.47. The number of hydrogen-bond acceptors (Lipinski definition) is 15. The number of esters is 4. The number of hydrogen-bond donors (Lipinski definition) is 3. The van der Waals surface area contributed by atoms with Crippen molar-refractivity contribution in [1.82, 2.24) is 0 Å². The van der Waals surface area contributed by atoms with E-state index in [4.69, 9.17) is 37.0 Å². The fourth-order valence-corrected chi connectivity index (χ4v) is 14.7. The van der Waals surface area contributed by atoms with E-state index in [0.717, 1.165) is 108 Å². The molecule has 0 fully saturated rings. The highest BCUT2D eigenvalue weighted by Crippen LogP contribution is 2.45. The molecular weight excluding hydrogens is 1350 g/mol. The van der Waals surface area contributed by atoms with Crippen molar-refractivity contribution in [3.63, 3.8) is 0 Å². The van der Waals surface area contributed by atoms with E-state index in [-0.39, 0.29) is 25.7 Å². The average Bonchev–Trinajstić information content (AvgIpc) is 0.911. The summed E-state index contributed by atoms with van der Waals surface area (Å²) in [7, 11) is -9.92. The van der Waals surface area contributed by atoms with Gasteiger partial charge < -0.3 is 33.8 Å². The first-order valence-electron chi connectivity index (χ1n) is 43.9. The molecule has 0 spiro atoms. The van der Waals surface area contributed by atoms with Gasteiger partial charge in [0, 0.05) is 25.7 Å². The zero-order valence-corrected chi connectivity index (χ0v) is 70.3. The van der Waals surface area contributed by atoms with Crippen LogP contribution in [0.3, 0.4) is 0 Å². The van der Waals surface area contributed by atoms with E-state index in [1.807, 2.05) is 0 Å². The van der Waals surface area contributed by atoms with Crippen molar-refractivity contribution >= 4 is 39.5 Å². The van der Waals surface area contributed by atoms with Gasteiger partial charge in [-0.15, -0.1) is 0 Å². The SMILES string of the molecule is CCCCCCCCCCCCC(=O)OC[C@H](COP(=O)(O)OC[C@H](O)COP(=O)(O)OC[C@@H](COC(=O)CCCCCCCCCCCCCCCCCCCCC(C)C)OC(=O)CCCCCCCCCCCCCCCCCCCCC(C)CC)OC(=O)CCCCCCCCCCC(C)C. The predicted molar refractivity (Wildman–Crippen MR) is 428 cm³/mol. The Kier molecular flexibility index (Phi) is 73.7. The fourth-order valence-electron chi connectivity index (χ4n) is 13.2. The summed E-state index contributed by atoms with van der Waals surface area (Å²) in [4.78, 5) is 73.1. The number of ether oxygens (including phenoxy) is 4. The summed E-state index contributed by atoms with van der Waals surface area (Å²) in [5.41, 5.74) is 0. The van der Waals surface area contributed by atoms with Gasteiger partial charge >= 0.3 is 39.5 Å². The summed E-state index contributed by atoms with van der Waals surface area (Å²) in [6.07, 6.45) is 65.4. The molecule has 0 bridgehead atoms. The van der Waals surface area contributed by atoms with Crippen molar-refractivity contribution < 1.29 is 80.2 Å². The topological polar surface area (TPSA) is 237 Å². The van der Waals surface area contributed by atoms with Crippen LogP contribution in [0.1, 0.15) is 447 Å². The van der Waals surface area contributed by atoms with Crippen molar-refractivity contribution in [2.24, 2.45) is 17.8 Å². The highest BCUT2D eigenvalue weighted by atomic mass is 31.2. The van der Waals surface area contributed by atoms with Gasteiger partial charge in [0.15, 0.2) is 12.2 Å². The standard InChI is InChI=1S/C85H166O17P2/c1-8-10-11-12-13-14-37-45-52-59-66-82(87)95-73-81(102-85(90)69-62-55-48-41-40-43-50-57-64-77(5)6)75-100-104(93,94)98-71-79(86)70-97-103(91,92)99-74-80(72-96-83(88)67-60-53-46-38-33-29-25-21-17-15-19-23-27-31-35-42-49-56-63-76(3)4)101-84(89)68-61-54-47-39-34-30-26-22-18-16-20-24-28-32-36-44-51-58-65-78(7)9-2/h76-81,86H,8-75H2,1-7H3,(H,91,92)(H,93,94)/t78?,79-,80-,81-/m1/s1. The van der Waals surface area contributed by atoms with E-state index in [0.29, 0.717) is 25.7 Å². The smallest absolute Gasteiger partial charge is 0.462 e. The minimum absolute atomic E-state index is 0.105. The molecule has 19 heteroatoms. The van der Waals surface area contributed by atoms with E-state index < -0.39 is 97.5 Å². The van der Waals surface area contributed by atoms with Gasteiger partial charge in [0.05, 0.1) is 26.4 Å². The van der Waals surface area contributed by atoms with Crippen LogP contribution in [0.25, 0.3) is 0 Å². The maximum atomic E-state index is 13.1. The molecule has 3 N–H and O–H groups in total. The summed E-state index contributed by atoms with van der Waals surface area (Å²) in [5, 5.41) is 10.7. The van der Waals surface area contributed by atoms with Crippen LogP contribution in [0, 0.1) is 17.8 Å². The molecule has 0 radical (unpaired) electrons. The number of phosphoric ester groups is 2. The molecule has 0 amide bonds. The van der Waals surface area contributed by atoms with Gasteiger partial charge in [0.2, 0.25) is 0 Å². The Bertz CT molecular complexity index is 2010. The second-order valence-corrected chi connectivity index (χ2v) is 34.7. The first kappa shape index (κ1) is 102. The molecule has 0 aliphatic rings. The van der Waals surface area contributed by atoms with Gasteiger partial charge in [-0.2, -0.15) is 0 Å². The van der Waals surface area contributed by atoms with E-state index in [1.54, 1.807) is 0 Å². The number of carbonyl (C=O) groups is 4. The molecule has 6 atom stereocenters. The largest absolute Gasteiger partial charge is 0.472 e. The fraction of sp³-hybridized carbons (Fsp3) is 0.953. The molecule has 0 heterocycles. The molecule has 104 heavy (non-hydrogen) atoms. The second kappa shape index (κ2) is 75.1. The van der Waals surface area contributed by atoms with Crippen molar-refractivity contribution in [3.05, 3.63) is 0 Å². The quantitative estimate of drug-likeness (QED) is 0.0222. The molecule has 17 nitrogen and oxygen atoms in total. The van der Waals surface area contributed by atoms with Crippen LogP contribution in [0.5, 0.6) is 0 Å². The molecular formula is C85H166O17P2. The van der Waals surface area contributed by atoms with Crippen LogP contribution < -0.4 is 0 Å². The van der Waals surface area contributed by atoms with Gasteiger partial charge in [0.25, 0.3) is 0 Å². The van der Waals surface area contributed by atoms with E-state index in [1.165, 1.54) is 257 Å². The first-order valence-corrected chi connectivity index (χ1v) is 46.9. The van der Waals surface area contributed by atoms with Crippen molar-refractivity contribution in [2.75, 3.05) is 39.6 Å². The summed E-state index contributed by atoms with van der Waals surface area (Å²) < 4.78 is 68.8. The van der Waals surface area contributed by atoms with Crippen LogP contribution in [-0.4, -0.2) is 96.7 Å². The Morgan fingerprint density at radius 3 is 0.731 bits per heavy atom. The Hall–Kier alpha value is -1.94. The minimum atomic E-state index is -4.97.